The minimum atomic E-state index is -0.737. The zero-order valence-electron chi connectivity index (χ0n) is 17.7. The van der Waals surface area contributed by atoms with Gasteiger partial charge in [0.15, 0.2) is 0 Å². The number of carbonyl (C=O) groups excluding carboxylic acids is 2. The first-order chi connectivity index (χ1) is 14.3. The summed E-state index contributed by atoms with van der Waals surface area (Å²) in [6.07, 6.45) is 0.540. The summed E-state index contributed by atoms with van der Waals surface area (Å²) in [5.74, 6) is -0.496. The van der Waals surface area contributed by atoms with Crippen molar-refractivity contribution in [3.63, 3.8) is 0 Å². The Morgan fingerprint density at radius 3 is 2.40 bits per heavy atom. The van der Waals surface area contributed by atoms with Crippen LogP contribution in [0.5, 0.6) is 5.75 Å². The second kappa shape index (κ2) is 11.0. The lowest BCUT2D eigenvalue weighted by Gasteiger charge is -2.30. The smallest absolute Gasteiger partial charge is 0.242 e. The highest BCUT2D eigenvalue weighted by molar-refractivity contribution is 6.31. The number of halogens is 2. The van der Waals surface area contributed by atoms with Gasteiger partial charge < -0.3 is 15.0 Å². The van der Waals surface area contributed by atoms with Crippen molar-refractivity contribution >= 4 is 23.4 Å². The molecular formula is C23H28ClFN2O3. The summed E-state index contributed by atoms with van der Waals surface area (Å²) in [7, 11) is 1.57. The number of ether oxygens (including phenoxy) is 1. The molecule has 2 aromatic carbocycles. The average Bonchev–Trinajstić information content (AvgIpc) is 2.74. The van der Waals surface area contributed by atoms with Crippen molar-refractivity contribution in [1.29, 1.82) is 0 Å². The molecule has 0 saturated heterocycles. The Morgan fingerprint density at radius 1 is 1.17 bits per heavy atom. The number of nitrogens with zero attached hydrogens (tertiary/aromatic N) is 1. The van der Waals surface area contributed by atoms with Gasteiger partial charge in [-0.25, -0.2) is 4.39 Å². The van der Waals surface area contributed by atoms with Crippen molar-refractivity contribution in [2.75, 3.05) is 7.11 Å². The lowest BCUT2D eigenvalue weighted by molar-refractivity contribution is -0.140. The summed E-state index contributed by atoms with van der Waals surface area (Å²) in [5.41, 5.74) is 0.949. The van der Waals surface area contributed by atoms with Crippen molar-refractivity contribution in [2.45, 2.75) is 52.2 Å². The summed E-state index contributed by atoms with van der Waals surface area (Å²) in [4.78, 5) is 27.3. The highest BCUT2D eigenvalue weighted by Crippen LogP contribution is 2.22. The molecule has 162 valence electrons. The van der Waals surface area contributed by atoms with Crippen molar-refractivity contribution in [3.8, 4) is 5.75 Å². The second-order valence-corrected chi connectivity index (χ2v) is 7.65. The van der Waals surface area contributed by atoms with Gasteiger partial charge >= 0.3 is 0 Å². The molecule has 0 aromatic heterocycles. The highest BCUT2D eigenvalue weighted by Gasteiger charge is 2.28. The second-order valence-electron chi connectivity index (χ2n) is 7.24. The van der Waals surface area contributed by atoms with Crippen LogP contribution in [0.3, 0.4) is 0 Å². The molecule has 0 radical (unpaired) electrons. The molecule has 2 unspecified atom stereocenters. The molecule has 7 heteroatoms. The topological polar surface area (TPSA) is 58.6 Å². The molecule has 5 nitrogen and oxygen atoms in total. The van der Waals surface area contributed by atoms with Gasteiger partial charge in [0.05, 0.1) is 13.5 Å². The summed E-state index contributed by atoms with van der Waals surface area (Å²) in [5, 5.41) is 3.09. The molecule has 0 fully saturated rings. The molecule has 2 aromatic rings. The number of amides is 2. The van der Waals surface area contributed by atoms with Crippen molar-refractivity contribution in [1.82, 2.24) is 10.2 Å². The van der Waals surface area contributed by atoms with Crippen LogP contribution in [0.15, 0.2) is 42.5 Å². The molecule has 0 spiro atoms. The molecule has 0 heterocycles. The monoisotopic (exact) mass is 434 g/mol. The quantitative estimate of drug-likeness (QED) is 0.637. The lowest BCUT2D eigenvalue weighted by Crippen LogP contribution is -2.50. The number of methoxy groups -OCH3 is 1. The fourth-order valence-corrected chi connectivity index (χ4v) is 3.16. The molecule has 0 bridgehead atoms. The summed E-state index contributed by atoms with van der Waals surface area (Å²) in [6.45, 7) is 5.74. The van der Waals surface area contributed by atoms with Crippen LogP contribution < -0.4 is 10.1 Å². The molecule has 2 amide bonds. The Balaban J connectivity index is 2.28. The van der Waals surface area contributed by atoms with E-state index in [0.29, 0.717) is 5.75 Å². The molecule has 0 aliphatic rings. The first-order valence-corrected chi connectivity index (χ1v) is 10.3. The largest absolute Gasteiger partial charge is 0.497 e. The van der Waals surface area contributed by atoms with Gasteiger partial charge in [-0.1, -0.05) is 36.7 Å². The van der Waals surface area contributed by atoms with Gasteiger partial charge in [0.2, 0.25) is 11.8 Å². The molecule has 30 heavy (non-hydrogen) atoms. The SMILES string of the molecule is CCC(C)NC(=O)C(C)N(Cc1ccc(OC)cc1)C(=O)Cc1c(F)cccc1Cl. The lowest BCUT2D eigenvalue weighted by atomic mass is 10.1. The standard InChI is InChI=1S/C23H28ClFN2O3/c1-5-15(2)26-23(29)16(3)27(14-17-9-11-18(30-4)12-10-17)22(28)13-19-20(24)7-6-8-21(19)25/h6-12,15-16H,5,13-14H2,1-4H3,(H,26,29). The fourth-order valence-electron chi connectivity index (χ4n) is 2.93. The normalized spacial score (nSPS) is 12.7. The van der Waals surface area contributed by atoms with Crippen LogP contribution in [0.2, 0.25) is 5.02 Å². The number of benzene rings is 2. The maximum Gasteiger partial charge on any atom is 0.242 e. The van der Waals surface area contributed by atoms with E-state index in [2.05, 4.69) is 5.32 Å². The Bertz CT molecular complexity index is 853. The van der Waals surface area contributed by atoms with Crippen LogP contribution in [0.4, 0.5) is 4.39 Å². The van der Waals surface area contributed by atoms with E-state index in [4.69, 9.17) is 16.3 Å². The first kappa shape index (κ1) is 23.7. The predicted octanol–water partition coefficient (Wildman–Crippen LogP) is 4.36. The van der Waals surface area contributed by atoms with Gasteiger partial charge in [0, 0.05) is 23.2 Å². The van der Waals surface area contributed by atoms with Crippen molar-refractivity contribution < 1.29 is 18.7 Å². The number of hydrogen-bond acceptors (Lipinski definition) is 3. The third-order valence-corrected chi connectivity index (χ3v) is 5.42. The Morgan fingerprint density at radius 2 is 1.83 bits per heavy atom. The predicted molar refractivity (Wildman–Crippen MR) is 116 cm³/mol. The molecule has 2 atom stereocenters. The van der Waals surface area contributed by atoms with E-state index < -0.39 is 11.9 Å². The summed E-state index contributed by atoms with van der Waals surface area (Å²) in [6, 6.07) is 10.8. The zero-order valence-corrected chi connectivity index (χ0v) is 18.5. The average molecular weight is 435 g/mol. The van der Waals surface area contributed by atoms with Gasteiger partial charge in [0.25, 0.3) is 0 Å². The third-order valence-electron chi connectivity index (χ3n) is 5.07. The Labute approximate surface area is 182 Å². The van der Waals surface area contributed by atoms with E-state index in [-0.39, 0.29) is 41.4 Å². The molecule has 0 saturated carbocycles. The van der Waals surface area contributed by atoms with Gasteiger partial charge in [0.1, 0.15) is 17.6 Å². The Kier molecular flexibility index (Phi) is 8.66. The molecule has 1 N–H and O–H groups in total. The van der Waals surface area contributed by atoms with Crippen LogP contribution in [0, 0.1) is 5.82 Å². The third kappa shape index (κ3) is 6.20. The molecule has 0 aliphatic carbocycles. The van der Waals surface area contributed by atoms with Gasteiger partial charge in [-0.2, -0.15) is 0 Å². The molecular weight excluding hydrogens is 407 g/mol. The number of rotatable bonds is 9. The van der Waals surface area contributed by atoms with Gasteiger partial charge in [-0.15, -0.1) is 0 Å². The summed E-state index contributed by atoms with van der Waals surface area (Å²) >= 11 is 6.10. The number of carbonyl (C=O) groups is 2. The maximum atomic E-state index is 14.2. The van der Waals surface area contributed by atoms with E-state index in [1.165, 1.54) is 17.0 Å². The van der Waals surface area contributed by atoms with E-state index >= 15 is 0 Å². The van der Waals surface area contributed by atoms with E-state index in [0.717, 1.165) is 12.0 Å². The minimum Gasteiger partial charge on any atom is -0.497 e. The molecule has 2 rings (SSSR count). The Hall–Kier alpha value is -2.60. The van der Waals surface area contributed by atoms with E-state index in [9.17, 15) is 14.0 Å². The van der Waals surface area contributed by atoms with Crippen molar-refractivity contribution in [3.05, 3.63) is 64.4 Å². The van der Waals surface area contributed by atoms with Crippen molar-refractivity contribution in [2.24, 2.45) is 0 Å². The maximum absolute atomic E-state index is 14.2. The van der Waals surface area contributed by atoms with Crippen LogP contribution in [0.25, 0.3) is 0 Å². The van der Waals surface area contributed by atoms with E-state index in [1.54, 1.807) is 32.2 Å². The first-order valence-electron chi connectivity index (χ1n) is 9.92. The minimum absolute atomic E-state index is 0.0149. The van der Waals surface area contributed by atoms with Gasteiger partial charge in [-0.3, -0.25) is 9.59 Å². The zero-order chi connectivity index (χ0) is 22.3. The summed E-state index contributed by atoms with van der Waals surface area (Å²) < 4.78 is 19.4. The van der Waals surface area contributed by atoms with Crippen LogP contribution >= 0.6 is 11.6 Å². The van der Waals surface area contributed by atoms with Gasteiger partial charge in [-0.05, 0) is 50.1 Å². The number of hydrogen-bond donors (Lipinski definition) is 1. The van der Waals surface area contributed by atoms with Crippen LogP contribution in [0.1, 0.15) is 38.3 Å². The number of nitrogens with one attached hydrogen (secondary N) is 1. The van der Waals surface area contributed by atoms with Crippen LogP contribution in [-0.4, -0.2) is 35.9 Å². The molecule has 0 aliphatic heterocycles. The van der Waals surface area contributed by atoms with Crippen LogP contribution in [-0.2, 0) is 22.6 Å². The highest BCUT2D eigenvalue weighted by atomic mass is 35.5. The fraction of sp³-hybridized carbons (Fsp3) is 0.391. The van der Waals surface area contributed by atoms with E-state index in [1.807, 2.05) is 26.0 Å².